The molecular weight excluding hydrogens is 322 g/mol. The molecule has 1 aromatic carbocycles. The van der Waals surface area contributed by atoms with Crippen LogP contribution in [0.5, 0.6) is 0 Å². The summed E-state index contributed by atoms with van der Waals surface area (Å²) in [5.41, 5.74) is 6.44. The zero-order valence-electron chi connectivity index (χ0n) is 14.8. The van der Waals surface area contributed by atoms with Gasteiger partial charge in [-0.15, -0.1) is 0 Å². The molecule has 0 saturated heterocycles. The topological polar surface area (TPSA) is 114 Å². The second-order valence-corrected chi connectivity index (χ2v) is 7.02. The van der Waals surface area contributed by atoms with Crippen LogP contribution in [0.2, 0.25) is 0 Å². The van der Waals surface area contributed by atoms with E-state index in [-0.39, 0.29) is 12.0 Å². The summed E-state index contributed by atoms with van der Waals surface area (Å²) in [5.74, 6) is -0.741. The van der Waals surface area contributed by atoms with Crippen molar-refractivity contribution in [2.24, 2.45) is 5.73 Å². The Bertz CT molecular complexity index is 865. The molecule has 0 radical (unpaired) electrons. The number of H-pyrrole nitrogens is 1. The SMILES string of the molecule is Cc1ccc2[nH]c(=O)c(C[C@H](NC(=O)OC(C)(C)C)C(N)=O)cc2c1. The maximum Gasteiger partial charge on any atom is 0.408 e. The molecule has 0 saturated carbocycles. The smallest absolute Gasteiger partial charge is 0.408 e. The molecule has 2 amide bonds. The van der Waals surface area contributed by atoms with Crippen molar-refractivity contribution >= 4 is 22.9 Å². The number of carbonyl (C=O) groups excluding carboxylic acids is 2. The van der Waals surface area contributed by atoms with Crippen LogP contribution in [0.25, 0.3) is 10.9 Å². The summed E-state index contributed by atoms with van der Waals surface area (Å²) in [6.07, 6.45) is -0.780. The Morgan fingerprint density at radius 3 is 2.56 bits per heavy atom. The van der Waals surface area contributed by atoms with Gasteiger partial charge in [0.2, 0.25) is 5.91 Å². The highest BCUT2D eigenvalue weighted by Gasteiger charge is 2.24. The van der Waals surface area contributed by atoms with Gasteiger partial charge in [-0.3, -0.25) is 9.59 Å². The number of primary amides is 1. The van der Waals surface area contributed by atoms with Crippen molar-refractivity contribution in [3.8, 4) is 0 Å². The van der Waals surface area contributed by atoms with Crippen molar-refractivity contribution < 1.29 is 14.3 Å². The van der Waals surface area contributed by atoms with Crippen LogP contribution >= 0.6 is 0 Å². The number of hydrogen-bond donors (Lipinski definition) is 3. The number of amides is 2. The van der Waals surface area contributed by atoms with Crippen LogP contribution in [0, 0.1) is 6.92 Å². The third-order valence-corrected chi connectivity index (χ3v) is 3.54. The lowest BCUT2D eigenvalue weighted by Gasteiger charge is -2.22. The number of benzene rings is 1. The number of hydrogen-bond acceptors (Lipinski definition) is 4. The average Bonchev–Trinajstić information content (AvgIpc) is 2.45. The third kappa shape index (κ3) is 5.07. The van der Waals surface area contributed by atoms with Crippen LogP contribution in [0.4, 0.5) is 4.79 Å². The molecule has 7 nitrogen and oxygen atoms in total. The molecule has 0 bridgehead atoms. The molecule has 1 atom stereocenters. The summed E-state index contributed by atoms with van der Waals surface area (Å²) in [4.78, 5) is 38.6. The zero-order chi connectivity index (χ0) is 18.8. The summed E-state index contributed by atoms with van der Waals surface area (Å²) in [5, 5.41) is 3.26. The molecule has 2 rings (SSSR count). The van der Waals surface area contributed by atoms with Gasteiger partial charge < -0.3 is 20.8 Å². The molecule has 134 valence electrons. The van der Waals surface area contributed by atoms with Gasteiger partial charge in [-0.25, -0.2) is 4.79 Å². The lowest BCUT2D eigenvalue weighted by Crippen LogP contribution is -2.48. The van der Waals surface area contributed by atoms with Gasteiger partial charge in [0.05, 0.1) is 0 Å². The third-order valence-electron chi connectivity index (χ3n) is 3.54. The highest BCUT2D eigenvalue weighted by Crippen LogP contribution is 2.14. The summed E-state index contributed by atoms with van der Waals surface area (Å²) in [7, 11) is 0. The molecule has 2 aromatic rings. The summed E-state index contributed by atoms with van der Waals surface area (Å²) < 4.78 is 5.13. The largest absolute Gasteiger partial charge is 0.444 e. The lowest BCUT2D eigenvalue weighted by molar-refractivity contribution is -0.120. The van der Waals surface area contributed by atoms with E-state index in [2.05, 4.69) is 10.3 Å². The predicted molar refractivity (Wildman–Crippen MR) is 95.4 cm³/mol. The van der Waals surface area contributed by atoms with Crippen LogP contribution in [-0.4, -0.2) is 28.6 Å². The van der Waals surface area contributed by atoms with Crippen LogP contribution in [0.15, 0.2) is 29.1 Å². The number of aromatic nitrogens is 1. The van der Waals surface area contributed by atoms with Crippen LogP contribution in [-0.2, 0) is 16.0 Å². The van der Waals surface area contributed by atoms with E-state index in [0.29, 0.717) is 11.1 Å². The first-order chi connectivity index (χ1) is 11.5. The van der Waals surface area contributed by atoms with Crippen molar-refractivity contribution in [1.29, 1.82) is 0 Å². The van der Waals surface area contributed by atoms with E-state index < -0.39 is 23.6 Å². The number of carbonyl (C=O) groups is 2. The van der Waals surface area contributed by atoms with E-state index in [9.17, 15) is 14.4 Å². The minimum atomic E-state index is -1.04. The molecule has 7 heteroatoms. The van der Waals surface area contributed by atoms with Gasteiger partial charge in [0.25, 0.3) is 5.56 Å². The van der Waals surface area contributed by atoms with Crippen molar-refractivity contribution in [2.45, 2.75) is 45.8 Å². The number of pyridine rings is 1. The first-order valence-corrected chi connectivity index (χ1v) is 7.96. The van der Waals surface area contributed by atoms with E-state index >= 15 is 0 Å². The summed E-state index contributed by atoms with van der Waals surface area (Å²) in [6, 6.07) is 6.30. The normalized spacial score (nSPS) is 12.6. The number of ether oxygens (including phenoxy) is 1. The number of aryl methyl sites for hydroxylation is 1. The molecule has 0 unspecified atom stereocenters. The number of rotatable bonds is 4. The van der Waals surface area contributed by atoms with Crippen LogP contribution in [0.1, 0.15) is 31.9 Å². The summed E-state index contributed by atoms with van der Waals surface area (Å²) in [6.45, 7) is 7.08. The Balaban J connectivity index is 2.26. The van der Waals surface area contributed by atoms with Gasteiger partial charge in [0.15, 0.2) is 0 Å². The number of nitrogens with one attached hydrogen (secondary N) is 2. The van der Waals surface area contributed by atoms with E-state index in [1.54, 1.807) is 26.8 Å². The van der Waals surface area contributed by atoms with E-state index in [4.69, 9.17) is 10.5 Å². The Morgan fingerprint density at radius 1 is 1.28 bits per heavy atom. The minimum Gasteiger partial charge on any atom is -0.444 e. The van der Waals surface area contributed by atoms with E-state index in [1.165, 1.54) is 0 Å². The zero-order valence-corrected chi connectivity index (χ0v) is 14.8. The highest BCUT2D eigenvalue weighted by molar-refractivity contribution is 5.85. The lowest BCUT2D eigenvalue weighted by atomic mass is 10.0. The number of aromatic amines is 1. The molecule has 0 aliphatic rings. The molecule has 1 aromatic heterocycles. The van der Waals surface area contributed by atoms with Gasteiger partial charge in [-0.1, -0.05) is 11.6 Å². The van der Waals surface area contributed by atoms with Crippen molar-refractivity contribution in [2.75, 3.05) is 0 Å². The molecule has 1 heterocycles. The van der Waals surface area contributed by atoms with Gasteiger partial charge in [0, 0.05) is 17.5 Å². The minimum absolute atomic E-state index is 0.0200. The first-order valence-electron chi connectivity index (χ1n) is 7.96. The predicted octanol–water partition coefficient (Wildman–Crippen LogP) is 1.76. The second-order valence-electron chi connectivity index (χ2n) is 7.02. The molecule has 25 heavy (non-hydrogen) atoms. The maximum atomic E-state index is 12.2. The van der Waals surface area contributed by atoms with Crippen molar-refractivity contribution in [3.05, 3.63) is 45.7 Å². The molecule has 0 aliphatic heterocycles. The fourth-order valence-corrected chi connectivity index (χ4v) is 2.42. The van der Waals surface area contributed by atoms with Gasteiger partial charge in [0.1, 0.15) is 11.6 Å². The molecule has 0 spiro atoms. The summed E-state index contributed by atoms with van der Waals surface area (Å²) >= 11 is 0. The monoisotopic (exact) mass is 345 g/mol. The fraction of sp³-hybridized carbons (Fsp3) is 0.389. The van der Waals surface area contributed by atoms with Crippen molar-refractivity contribution in [1.82, 2.24) is 10.3 Å². The van der Waals surface area contributed by atoms with Crippen LogP contribution in [0.3, 0.4) is 0 Å². The Labute approximate surface area is 145 Å². The fourth-order valence-electron chi connectivity index (χ4n) is 2.42. The van der Waals surface area contributed by atoms with Crippen LogP contribution < -0.4 is 16.6 Å². The average molecular weight is 345 g/mol. The number of nitrogens with two attached hydrogens (primary N) is 1. The Morgan fingerprint density at radius 2 is 1.96 bits per heavy atom. The number of alkyl carbamates (subject to hydrolysis) is 1. The van der Waals surface area contributed by atoms with Gasteiger partial charge in [-0.05, 0) is 51.3 Å². The molecular formula is C18H23N3O4. The van der Waals surface area contributed by atoms with Gasteiger partial charge >= 0.3 is 6.09 Å². The molecule has 4 N–H and O–H groups in total. The highest BCUT2D eigenvalue weighted by atomic mass is 16.6. The van der Waals surface area contributed by atoms with E-state index in [0.717, 1.165) is 10.9 Å². The number of fused-ring (bicyclic) bond motifs is 1. The Hall–Kier alpha value is -2.83. The van der Waals surface area contributed by atoms with Crippen molar-refractivity contribution in [3.63, 3.8) is 0 Å². The quantitative estimate of drug-likeness (QED) is 0.783. The van der Waals surface area contributed by atoms with Gasteiger partial charge in [-0.2, -0.15) is 0 Å². The standard InChI is InChI=1S/C18H23N3O4/c1-10-5-6-13-11(7-10)8-12(16(23)20-13)9-14(15(19)22)21-17(24)25-18(2,3)4/h5-8,14H,9H2,1-4H3,(H2,19,22)(H,20,23)(H,21,24)/t14-/m0/s1. The Kier molecular flexibility index (Phi) is 5.15. The first kappa shape index (κ1) is 18.5. The van der Waals surface area contributed by atoms with E-state index in [1.807, 2.05) is 25.1 Å². The molecule has 0 fully saturated rings. The maximum absolute atomic E-state index is 12.2. The molecule has 0 aliphatic carbocycles. The second kappa shape index (κ2) is 6.96.